The molecular formula is C20H28N2O3. The summed E-state index contributed by atoms with van der Waals surface area (Å²) in [7, 11) is 1.92. The molecule has 3 rings (SSSR count). The molecule has 0 bridgehead atoms. The van der Waals surface area contributed by atoms with E-state index in [-0.39, 0.29) is 23.2 Å². The quantitative estimate of drug-likeness (QED) is 0.787. The van der Waals surface area contributed by atoms with Crippen molar-refractivity contribution < 1.29 is 14.3 Å². The largest absolute Gasteiger partial charge is 0.465 e. The lowest BCUT2D eigenvalue weighted by Crippen LogP contribution is -2.53. The third-order valence-electron chi connectivity index (χ3n) is 5.66. The SMILES string of the molecule is CCOC(=O)CN1CCC2(CC1)C[C@@H](c1ccccc1)C(=O)N(C)C2. The highest BCUT2D eigenvalue weighted by atomic mass is 16.5. The van der Waals surface area contributed by atoms with Crippen LogP contribution in [0.1, 0.15) is 37.7 Å². The molecule has 136 valence electrons. The van der Waals surface area contributed by atoms with E-state index in [1.165, 1.54) is 0 Å². The van der Waals surface area contributed by atoms with Crippen molar-refractivity contribution in [1.29, 1.82) is 0 Å². The average molecular weight is 344 g/mol. The van der Waals surface area contributed by atoms with Gasteiger partial charge in [0.25, 0.3) is 0 Å². The third kappa shape index (κ3) is 4.03. The Morgan fingerprint density at radius 3 is 2.56 bits per heavy atom. The fourth-order valence-electron chi connectivity index (χ4n) is 4.31. The summed E-state index contributed by atoms with van der Waals surface area (Å²) in [6.07, 6.45) is 2.95. The molecule has 2 saturated heterocycles. The van der Waals surface area contributed by atoms with Crippen molar-refractivity contribution in [3.8, 4) is 0 Å². The highest BCUT2D eigenvalue weighted by Crippen LogP contribution is 2.45. The number of rotatable bonds is 4. The van der Waals surface area contributed by atoms with E-state index >= 15 is 0 Å². The van der Waals surface area contributed by atoms with Crippen LogP contribution in [-0.2, 0) is 14.3 Å². The summed E-state index contributed by atoms with van der Waals surface area (Å²) in [6, 6.07) is 10.1. The van der Waals surface area contributed by atoms with Crippen molar-refractivity contribution in [3.63, 3.8) is 0 Å². The molecule has 0 unspecified atom stereocenters. The smallest absolute Gasteiger partial charge is 0.320 e. The van der Waals surface area contributed by atoms with Crippen molar-refractivity contribution in [2.24, 2.45) is 5.41 Å². The summed E-state index contributed by atoms with van der Waals surface area (Å²) < 4.78 is 5.05. The summed E-state index contributed by atoms with van der Waals surface area (Å²) in [6.45, 7) is 5.25. The number of likely N-dealkylation sites (N-methyl/N-ethyl adjacent to an activating group) is 1. The average Bonchev–Trinajstić information content (AvgIpc) is 2.61. The van der Waals surface area contributed by atoms with E-state index in [1.807, 2.05) is 37.1 Å². The second-order valence-electron chi connectivity index (χ2n) is 7.44. The third-order valence-corrected chi connectivity index (χ3v) is 5.66. The van der Waals surface area contributed by atoms with Gasteiger partial charge in [0.05, 0.1) is 19.1 Å². The molecule has 5 heteroatoms. The topological polar surface area (TPSA) is 49.9 Å². The number of amides is 1. The van der Waals surface area contributed by atoms with E-state index in [0.717, 1.165) is 44.5 Å². The van der Waals surface area contributed by atoms with Gasteiger partial charge in [-0.1, -0.05) is 30.3 Å². The summed E-state index contributed by atoms with van der Waals surface area (Å²) >= 11 is 0. The zero-order chi connectivity index (χ0) is 17.9. The summed E-state index contributed by atoms with van der Waals surface area (Å²) in [5.74, 6) is 0.0406. The first kappa shape index (κ1) is 17.9. The highest BCUT2D eigenvalue weighted by molar-refractivity contribution is 5.84. The minimum atomic E-state index is -0.142. The van der Waals surface area contributed by atoms with E-state index < -0.39 is 0 Å². The van der Waals surface area contributed by atoms with E-state index in [1.54, 1.807) is 0 Å². The maximum Gasteiger partial charge on any atom is 0.320 e. The van der Waals surface area contributed by atoms with Gasteiger partial charge in [0.2, 0.25) is 5.91 Å². The lowest BCUT2D eigenvalue weighted by Gasteiger charge is -2.49. The van der Waals surface area contributed by atoms with E-state index in [2.05, 4.69) is 17.0 Å². The fraction of sp³-hybridized carbons (Fsp3) is 0.600. The maximum atomic E-state index is 12.7. The number of ether oxygens (including phenoxy) is 1. The van der Waals surface area contributed by atoms with Crippen molar-refractivity contribution in [1.82, 2.24) is 9.80 Å². The number of hydrogen-bond donors (Lipinski definition) is 0. The van der Waals surface area contributed by atoms with Crippen LogP contribution in [0.4, 0.5) is 0 Å². The van der Waals surface area contributed by atoms with Crippen LogP contribution in [0, 0.1) is 5.41 Å². The van der Waals surface area contributed by atoms with Crippen LogP contribution in [0.15, 0.2) is 30.3 Å². The molecule has 2 fully saturated rings. The molecule has 0 aromatic heterocycles. The number of hydrogen-bond acceptors (Lipinski definition) is 4. The second kappa shape index (κ2) is 7.56. The molecule has 25 heavy (non-hydrogen) atoms. The van der Waals surface area contributed by atoms with Gasteiger partial charge < -0.3 is 9.64 Å². The molecule has 0 N–H and O–H groups in total. The lowest BCUT2D eigenvalue weighted by molar-refractivity contribution is -0.145. The minimum Gasteiger partial charge on any atom is -0.465 e. The molecule has 1 spiro atoms. The first-order chi connectivity index (χ1) is 12.0. The van der Waals surface area contributed by atoms with Crippen LogP contribution in [-0.4, -0.2) is 61.5 Å². The molecule has 1 aromatic rings. The Kier molecular flexibility index (Phi) is 5.42. The van der Waals surface area contributed by atoms with Gasteiger partial charge in [-0.15, -0.1) is 0 Å². The molecule has 5 nitrogen and oxygen atoms in total. The molecule has 1 atom stereocenters. The molecule has 1 amide bonds. The van der Waals surface area contributed by atoms with Crippen LogP contribution in [0.25, 0.3) is 0 Å². The second-order valence-corrected chi connectivity index (χ2v) is 7.44. The van der Waals surface area contributed by atoms with Gasteiger partial charge in [-0.25, -0.2) is 0 Å². The van der Waals surface area contributed by atoms with E-state index in [0.29, 0.717) is 13.2 Å². The van der Waals surface area contributed by atoms with Gasteiger partial charge >= 0.3 is 5.97 Å². The minimum absolute atomic E-state index is 0.0449. The van der Waals surface area contributed by atoms with E-state index in [9.17, 15) is 9.59 Å². The molecule has 2 aliphatic heterocycles. The zero-order valence-corrected chi connectivity index (χ0v) is 15.2. The molecular weight excluding hydrogens is 316 g/mol. The normalized spacial score (nSPS) is 23.7. The zero-order valence-electron chi connectivity index (χ0n) is 15.2. The van der Waals surface area contributed by atoms with E-state index in [4.69, 9.17) is 4.74 Å². The van der Waals surface area contributed by atoms with Gasteiger partial charge in [-0.3, -0.25) is 14.5 Å². The lowest BCUT2D eigenvalue weighted by atomic mass is 9.68. The molecule has 0 radical (unpaired) electrons. The Bertz CT molecular complexity index is 609. The van der Waals surface area contributed by atoms with Gasteiger partial charge in [-0.2, -0.15) is 0 Å². The summed E-state index contributed by atoms with van der Waals surface area (Å²) in [4.78, 5) is 28.5. The Morgan fingerprint density at radius 1 is 1.24 bits per heavy atom. The standard InChI is InChI=1S/C20H28N2O3/c1-3-25-18(23)14-22-11-9-20(10-12-22)13-17(19(24)21(2)15-20)16-7-5-4-6-8-16/h4-8,17H,3,9-15H2,1-2H3/t17-/m0/s1. The summed E-state index contributed by atoms with van der Waals surface area (Å²) in [5, 5.41) is 0. The monoisotopic (exact) mass is 344 g/mol. The van der Waals surface area contributed by atoms with Crippen LogP contribution in [0.5, 0.6) is 0 Å². The van der Waals surface area contributed by atoms with Gasteiger partial charge in [0.1, 0.15) is 0 Å². The number of likely N-dealkylation sites (tertiary alicyclic amines) is 2. The molecule has 1 aromatic carbocycles. The van der Waals surface area contributed by atoms with Crippen LogP contribution < -0.4 is 0 Å². The van der Waals surface area contributed by atoms with Crippen molar-refractivity contribution in [2.45, 2.75) is 32.1 Å². The molecule has 0 saturated carbocycles. The number of esters is 1. The number of nitrogens with zero attached hydrogens (tertiary/aromatic N) is 2. The van der Waals surface area contributed by atoms with Gasteiger partial charge in [0, 0.05) is 13.6 Å². The Labute approximate surface area is 149 Å². The number of benzene rings is 1. The Hall–Kier alpha value is -1.88. The first-order valence-electron chi connectivity index (χ1n) is 9.21. The molecule has 2 aliphatic rings. The molecule has 0 aliphatic carbocycles. The maximum absolute atomic E-state index is 12.7. The van der Waals surface area contributed by atoms with Crippen LogP contribution >= 0.6 is 0 Å². The van der Waals surface area contributed by atoms with Gasteiger partial charge in [0.15, 0.2) is 0 Å². The number of carbonyl (C=O) groups excluding carboxylic acids is 2. The predicted molar refractivity (Wildman–Crippen MR) is 96.2 cm³/mol. The number of carbonyl (C=O) groups is 2. The summed E-state index contributed by atoms with van der Waals surface area (Å²) in [5.41, 5.74) is 1.28. The fourth-order valence-corrected chi connectivity index (χ4v) is 4.31. The predicted octanol–water partition coefficient (Wildman–Crippen LogP) is 2.28. The van der Waals surface area contributed by atoms with Crippen LogP contribution in [0.3, 0.4) is 0 Å². The Morgan fingerprint density at radius 2 is 1.92 bits per heavy atom. The highest BCUT2D eigenvalue weighted by Gasteiger charge is 2.45. The van der Waals surface area contributed by atoms with Crippen molar-refractivity contribution >= 4 is 11.9 Å². The van der Waals surface area contributed by atoms with Crippen molar-refractivity contribution in [3.05, 3.63) is 35.9 Å². The van der Waals surface area contributed by atoms with Crippen molar-refractivity contribution in [2.75, 3.05) is 39.8 Å². The van der Waals surface area contributed by atoms with Crippen LogP contribution in [0.2, 0.25) is 0 Å². The molecule has 2 heterocycles. The number of piperidine rings is 2. The van der Waals surface area contributed by atoms with Gasteiger partial charge in [-0.05, 0) is 50.3 Å². The first-order valence-corrected chi connectivity index (χ1v) is 9.21. The Balaban J connectivity index is 1.66.